The van der Waals surface area contributed by atoms with Gasteiger partial charge in [-0.15, -0.1) is 11.6 Å². The molecule has 0 heterocycles. The van der Waals surface area contributed by atoms with E-state index in [9.17, 15) is 4.79 Å². The van der Waals surface area contributed by atoms with E-state index in [1.165, 1.54) is 38.5 Å². The molecule has 3 heteroatoms. The molecule has 0 aromatic rings. The van der Waals surface area contributed by atoms with Crippen LogP contribution in [-0.2, 0) is 4.79 Å². The lowest BCUT2D eigenvalue weighted by Gasteiger charge is -2.34. The molecule has 0 aromatic carbocycles. The van der Waals surface area contributed by atoms with E-state index in [2.05, 4.69) is 11.8 Å². The van der Waals surface area contributed by atoms with Gasteiger partial charge < -0.3 is 4.90 Å². The number of hydrogen-bond donors (Lipinski definition) is 0. The van der Waals surface area contributed by atoms with Gasteiger partial charge in [0, 0.05) is 24.4 Å². The molecule has 0 saturated heterocycles. The summed E-state index contributed by atoms with van der Waals surface area (Å²) >= 11 is 5.89. The molecule has 0 radical (unpaired) electrons. The van der Waals surface area contributed by atoms with E-state index in [-0.39, 0.29) is 5.92 Å². The maximum absolute atomic E-state index is 12.6. The quantitative estimate of drug-likeness (QED) is 0.712. The molecule has 0 spiro atoms. The Bertz CT molecular complexity index is 268. The lowest BCUT2D eigenvalue weighted by molar-refractivity contribution is -0.138. The zero-order chi connectivity index (χ0) is 13.0. The minimum Gasteiger partial charge on any atom is -0.338 e. The van der Waals surface area contributed by atoms with Gasteiger partial charge in [0.1, 0.15) is 0 Å². The first kappa shape index (κ1) is 14.2. The summed E-state index contributed by atoms with van der Waals surface area (Å²) in [5.74, 6) is 2.06. The maximum Gasteiger partial charge on any atom is 0.225 e. The first-order valence-electron chi connectivity index (χ1n) is 7.58. The molecule has 0 aliphatic heterocycles. The van der Waals surface area contributed by atoms with Gasteiger partial charge in [-0.25, -0.2) is 0 Å². The van der Waals surface area contributed by atoms with E-state index >= 15 is 0 Å². The van der Waals surface area contributed by atoms with Gasteiger partial charge in [-0.3, -0.25) is 4.79 Å². The van der Waals surface area contributed by atoms with Crippen molar-refractivity contribution in [3.05, 3.63) is 0 Å². The van der Waals surface area contributed by atoms with E-state index in [4.69, 9.17) is 11.6 Å². The zero-order valence-electron chi connectivity index (χ0n) is 11.5. The van der Waals surface area contributed by atoms with Crippen LogP contribution in [0.15, 0.2) is 0 Å². The Kier molecular flexibility index (Phi) is 5.35. The van der Waals surface area contributed by atoms with Crippen molar-refractivity contribution in [2.75, 3.05) is 12.4 Å². The van der Waals surface area contributed by atoms with Gasteiger partial charge in [0.2, 0.25) is 5.91 Å². The summed E-state index contributed by atoms with van der Waals surface area (Å²) in [6.07, 6.45) is 9.54. The minimum absolute atomic E-state index is 0.282. The van der Waals surface area contributed by atoms with E-state index in [0.717, 1.165) is 25.3 Å². The fourth-order valence-electron chi connectivity index (χ4n) is 3.52. The highest BCUT2D eigenvalue weighted by molar-refractivity contribution is 6.18. The molecule has 0 unspecified atom stereocenters. The summed E-state index contributed by atoms with van der Waals surface area (Å²) in [7, 11) is 0. The fourth-order valence-corrected chi connectivity index (χ4v) is 3.70. The molecule has 0 aromatic heterocycles. The molecular formula is C15H26ClNO. The molecule has 18 heavy (non-hydrogen) atoms. The molecule has 2 aliphatic carbocycles. The molecule has 104 valence electrons. The SMILES string of the molecule is CC1CCC(C(=O)N(CCCl)C2CCCC2)CC1. The molecule has 2 nitrogen and oxygen atoms in total. The van der Waals surface area contributed by atoms with Gasteiger partial charge in [-0.2, -0.15) is 0 Å². The van der Waals surface area contributed by atoms with E-state index < -0.39 is 0 Å². The molecule has 0 bridgehead atoms. The van der Waals surface area contributed by atoms with Crippen molar-refractivity contribution in [3.63, 3.8) is 0 Å². The lowest BCUT2D eigenvalue weighted by atomic mass is 9.82. The predicted molar refractivity (Wildman–Crippen MR) is 75.8 cm³/mol. The van der Waals surface area contributed by atoms with Crippen LogP contribution >= 0.6 is 11.6 Å². The van der Waals surface area contributed by atoms with Gasteiger partial charge in [0.05, 0.1) is 0 Å². The fraction of sp³-hybridized carbons (Fsp3) is 0.933. The smallest absolute Gasteiger partial charge is 0.225 e. The minimum atomic E-state index is 0.282. The van der Waals surface area contributed by atoms with Crippen molar-refractivity contribution >= 4 is 17.5 Å². The molecule has 2 fully saturated rings. The van der Waals surface area contributed by atoms with Crippen molar-refractivity contribution in [1.29, 1.82) is 0 Å². The van der Waals surface area contributed by atoms with Gasteiger partial charge in [0.25, 0.3) is 0 Å². The number of carbonyl (C=O) groups excluding carboxylic acids is 1. The summed E-state index contributed by atoms with van der Waals surface area (Å²) < 4.78 is 0. The Hall–Kier alpha value is -0.240. The van der Waals surface area contributed by atoms with E-state index in [0.29, 0.717) is 17.8 Å². The van der Waals surface area contributed by atoms with Gasteiger partial charge in [0.15, 0.2) is 0 Å². The third-order valence-electron chi connectivity index (χ3n) is 4.74. The molecule has 1 amide bonds. The van der Waals surface area contributed by atoms with Gasteiger partial charge >= 0.3 is 0 Å². The number of amides is 1. The summed E-state index contributed by atoms with van der Waals surface area (Å²) in [4.78, 5) is 14.8. The number of carbonyl (C=O) groups is 1. The summed E-state index contributed by atoms with van der Waals surface area (Å²) in [6, 6.07) is 0.482. The van der Waals surface area contributed by atoms with Crippen LogP contribution in [0.4, 0.5) is 0 Å². The number of rotatable bonds is 4. The first-order valence-corrected chi connectivity index (χ1v) is 8.12. The topological polar surface area (TPSA) is 20.3 Å². The highest BCUT2D eigenvalue weighted by atomic mass is 35.5. The van der Waals surface area contributed by atoms with Crippen molar-refractivity contribution in [1.82, 2.24) is 4.90 Å². The average molecular weight is 272 g/mol. The molecule has 2 aliphatic rings. The molecule has 2 rings (SSSR count). The van der Waals surface area contributed by atoms with E-state index in [1.807, 2.05) is 0 Å². The molecule has 0 N–H and O–H groups in total. The van der Waals surface area contributed by atoms with Gasteiger partial charge in [-0.1, -0.05) is 19.8 Å². The number of halogens is 1. The van der Waals surface area contributed by atoms with Crippen LogP contribution in [0, 0.1) is 11.8 Å². The second kappa shape index (κ2) is 6.79. The second-order valence-electron chi connectivity index (χ2n) is 6.12. The van der Waals surface area contributed by atoms with Crippen molar-refractivity contribution in [2.45, 2.75) is 64.3 Å². The third-order valence-corrected chi connectivity index (χ3v) is 4.91. The summed E-state index contributed by atoms with van der Waals surface area (Å²) in [5, 5.41) is 0. The third kappa shape index (κ3) is 3.40. The highest BCUT2D eigenvalue weighted by Gasteiger charge is 2.32. The van der Waals surface area contributed by atoms with Crippen LogP contribution in [0.5, 0.6) is 0 Å². The molecule has 2 saturated carbocycles. The van der Waals surface area contributed by atoms with Crippen molar-refractivity contribution in [2.24, 2.45) is 11.8 Å². The number of alkyl halides is 1. The average Bonchev–Trinajstić information content (AvgIpc) is 2.90. The van der Waals surface area contributed by atoms with E-state index in [1.54, 1.807) is 0 Å². The normalized spacial score (nSPS) is 29.4. The second-order valence-corrected chi connectivity index (χ2v) is 6.49. The summed E-state index contributed by atoms with van der Waals surface area (Å²) in [6.45, 7) is 3.05. The lowest BCUT2D eigenvalue weighted by Crippen LogP contribution is -2.44. The standard InChI is InChI=1S/C15H26ClNO/c1-12-6-8-13(9-7-12)15(18)17(11-10-16)14-4-2-3-5-14/h12-14H,2-11H2,1H3. The zero-order valence-corrected chi connectivity index (χ0v) is 12.3. The van der Waals surface area contributed by atoms with Crippen LogP contribution in [0.2, 0.25) is 0 Å². The maximum atomic E-state index is 12.6. The van der Waals surface area contributed by atoms with Crippen LogP contribution in [0.25, 0.3) is 0 Å². The van der Waals surface area contributed by atoms with Crippen LogP contribution in [0.1, 0.15) is 58.3 Å². The van der Waals surface area contributed by atoms with Crippen LogP contribution < -0.4 is 0 Å². The summed E-state index contributed by atoms with van der Waals surface area (Å²) in [5.41, 5.74) is 0. The highest BCUT2D eigenvalue weighted by Crippen LogP contribution is 2.32. The Labute approximate surface area is 116 Å². The number of hydrogen-bond acceptors (Lipinski definition) is 1. The predicted octanol–water partition coefficient (Wildman–Crippen LogP) is 3.82. The largest absolute Gasteiger partial charge is 0.338 e. The Morgan fingerprint density at radius 3 is 2.28 bits per heavy atom. The Balaban J connectivity index is 1.94. The van der Waals surface area contributed by atoms with Gasteiger partial charge in [-0.05, 0) is 44.4 Å². The molecule has 0 atom stereocenters. The van der Waals surface area contributed by atoms with Crippen LogP contribution in [-0.4, -0.2) is 29.3 Å². The molecular weight excluding hydrogens is 246 g/mol. The van der Waals surface area contributed by atoms with Crippen LogP contribution in [0.3, 0.4) is 0 Å². The Morgan fingerprint density at radius 2 is 1.72 bits per heavy atom. The van der Waals surface area contributed by atoms with Crippen molar-refractivity contribution in [3.8, 4) is 0 Å². The van der Waals surface area contributed by atoms with Crippen molar-refractivity contribution < 1.29 is 4.79 Å². The monoisotopic (exact) mass is 271 g/mol. The Morgan fingerprint density at radius 1 is 1.11 bits per heavy atom. The number of nitrogens with zero attached hydrogens (tertiary/aromatic N) is 1. The first-order chi connectivity index (χ1) is 8.72.